The van der Waals surface area contributed by atoms with E-state index in [2.05, 4.69) is 4.72 Å². The maximum Gasteiger partial charge on any atom is 0.233 e. The third-order valence-corrected chi connectivity index (χ3v) is 4.82. The number of hydrogen-bond acceptors (Lipinski definition) is 3. The standard InChI is InChI=1S/C15H15Cl2NO3S/c1-21-13-4-2-3-11(9-13)7-8-22(19,20)18-15-10-12(16)5-6-14(15)17/h2-6,9-10,18H,7-8H2,1H3. The van der Waals surface area contributed by atoms with Crippen molar-refractivity contribution in [1.29, 1.82) is 0 Å². The van der Waals surface area contributed by atoms with Crippen LogP contribution in [0.1, 0.15) is 5.56 Å². The van der Waals surface area contributed by atoms with Gasteiger partial charge in [0.1, 0.15) is 5.75 Å². The van der Waals surface area contributed by atoms with Crippen LogP contribution in [-0.2, 0) is 16.4 Å². The van der Waals surface area contributed by atoms with Gasteiger partial charge in [-0.2, -0.15) is 0 Å². The molecular weight excluding hydrogens is 345 g/mol. The van der Waals surface area contributed by atoms with E-state index >= 15 is 0 Å². The maximum atomic E-state index is 12.1. The van der Waals surface area contributed by atoms with Crippen LogP contribution < -0.4 is 9.46 Å². The predicted molar refractivity (Wildman–Crippen MR) is 90.6 cm³/mol. The van der Waals surface area contributed by atoms with Gasteiger partial charge in [0.25, 0.3) is 0 Å². The Morgan fingerprint density at radius 3 is 2.64 bits per heavy atom. The fourth-order valence-electron chi connectivity index (χ4n) is 1.87. The number of aryl methyl sites for hydroxylation is 1. The molecule has 0 aromatic heterocycles. The van der Waals surface area contributed by atoms with E-state index in [1.165, 1.54) is 6.07 Å². The van der Waals surface area contributed by atoms with Gasteiger partial charge in [-0.1, -0.05) is 35.3 Å². The summed E-state index contributed by atoms with van der Waals surface area (Å²) in [5.41, 5.74) is 1.15. The molecule has 0 atom stereocenters. The van der Waals surface area contributed by atoms with Crippen molar-refractivity contribution >= 4 is 38.9 Å². The second kappa shape index (κ2) is 7.22. The van der Waals surface area contributed by atoms with Gasteiger partial charge >= 0.3 is 0 Å². The van der Waals surface area contributed by atoms with Gasteiger partial charge in [-0.05, 0) is 42.3 Å². The average Bonchev–Trinajstić information content (AvgIpc) is 2.49. The molecule has 118 valence electrons. The third-order valence-electron chi connectivity index (χ3n) is 2.99. The zero-order valence-corrected chi connectivity index (χ0v) is 14.2. The molecule has 0 saturated heterocycles. The molecule has 0 aliphatic carbocycles. The van der Waals surface area contributed by atoms with Gasteiger partial charge in [0, 0.05) is 5.02 Å². The lowest BCUT2D eigenvalue weighted by Gasteiger charge is -2.10. The van der Waals surface area contributed by atoms with Gasteiger partial charge in [0.2, 0.25) is 10.0 Å². The molecule has 0 unspecified atom stereocenters. The average molecular weight is 360 g/mol. The van der Waals surface area contributed by atoms with E-state index in [1.807, 2.05) is 24.3 Å². The van der Waals surface area contributed by atoms with Crippen molar-refractivity contribution in [2.75, 3.05) is 17.6 Å². The zero-order chi connectivity index (χ0) is 16.2. The lowest BCUT2D eigenvalue weighted by molar-refractivity contribution is 0.414. The first-order valence-corrected chi connectivity index (χ1v) is 8.89. The van der Waals surface area contributed by atoms with Crippen LogP contribution >= 0.6 is 23.2 Å². The molecule has 0 amide bonds. The summed E-state index contributed by atoms with van der Waals surface area (Å²) in [7, 11) is -1.96. The molecule has 0 saturated carbocycles. The van der Waals surface area contributed by atoms with Crippen molar-refractivity contribution in [3.8, 4) is 5.75 Å². The highest BCUT2D eigenvalue weighted by Crippen LogP contribution is 2.26. The molecule has 2 aromatic rings. The van der Waals surface area contributed by atoms with Crippen LogP contribution in [0.15, 0.2) is 42.5 Å². The lowest BCUT2D eigenvalue weighted by Crippen LogP contribution is -2.18. The second-order valence-corrected chi connectivity index (χ2v) is 7.33. The summed E-state index contributed by atoms with van der Waals surface area (Å²) in [6, 6.07) is 11.9. The Morgan fingerprint density at radius 2 is 1.91 bits per heavy atom. The molecule has 1 N–H and O–H groups in total. The molecule has 7 heteroatoms. The quantitative estimate of drug-likeness (QED) is 0.848. The summed E-state index contributed by atoms with van der Waals surface area (Å²) in [6.07, 6.45) is 0.366. The van der Waals surface area contributed by atoms with Gasteiger partial charge in [-0.3, -0.25) is 4.72 Å². The monoisotopic (exact) mass is 359 g/mol. The number of rotatable bonds is 6. The van der Waals surface area contributed by atoms with Gasteiger partial charge in [-0.25, -0.2) is 8.42 Å². The van der Waals surface area contributed by atoms with Crippen molar-refractivity contribution < 1.29 is 13.2 Å². The number of nitrogens with one attached hydrogen (secondary N) is 1. The van der Waals surface area contributed by atoms with E-state index < -0.39 is 10.0 Å². The van der Waals surface area contributed by atoms with E-state index in [0.29, 0.717) is 22.2 Å². The van der Waals surface area contributed by atoms with Gasteiger partial charge in [0.15, 0.2) is 0 Å². The molecule has 2 rings (SSSR count). The molecule has 0 aliphatic heterocycles. The maximum absolute atomic E-state index is 12.1. The minimum Gasteiger partial charge on any atom is -0.497 e. The Labute approximate surface area is 140 Å². The predicted octanol–water partition coefficient (Wildman–Crippen LogP) is 3.99. The van der Waals surface area contributed by atoms with Crippen molar-refractivity contribution in [3.63, 3.8) is 0 Å². The number of halogens is 2. The van der Waals surface area contributed by atoms with E-state index in [-0.39, 0.29) is 11.4 Å². The second-order valence-electron chi connectivity index (χ2n) is 4.65. The highest BCUT2D eigenvalue weighted by molar-refractivity contribution is 7.92. The van der Waals surface area contributed by atoms with Gasteiger partial charge in [-0.15, -0.1) is 0 Å². The molecule has 0 spiro atoms. The van der Waals surface area contributed by atoms with Crippen LogP contribution in [0.25, 0.3) is 0 Å². The highest BCUT2D eigenvalue weighted by atomic mass is 35.5. The first kappa shape index (κ1) is 16.9. The molecule has 2 aromatic carbocycles. The van der Waals surface area contributed by atoms with Crippen LogP contribution in [0, 0.1) is 0 Å². The highest BCUT2D eigenvalue weighted by Gasteiger charge is 2.13. The Kier molecular flexibility index (Phi) is 5.56. The smallest absolute Gasteiger partial charge is 0.233 e. The Bertz CT molecular complexity index is 763. The van der Waals surface area contributed by atoms with Crippen molar-refractivity contribution in [3.05, 3.63) is 58.1 Å². The molecule has 0 aliphatic rings. The molecule has 4 nitrogen and oxygen atoms in total. The van der Waals surface area contributed by atoms with Gasteiger partial charge in [0.05, 0.1) is 23.6 Å². The molecule has 22 heavy (non-hydrogen) atoms. The van der Waals surface area contributed by atoms with Crippen molar-refractivity contribution in [1.82, 2.24) is 0 Å². The van der Waals surface area contributed by atoms with E-state index in [4.69, 9.17) is 27.9 Å². The van der Waals surface area contributed by atoms with Crippen molar-refractivity contribution in [2.45, 2.75) is 6.42 Å². The van der Waals surface area contributed by atoms with Crippen LogP contribution in [-0.4, -0.2) is 21.3 Å². The Hall–Kier alpha value is -1.43. The van der Waals surface area contributed by atoms with E-state index in [0.717, 1.165) is 5.56 Å². The number of anilines is 1. The molecule has 0 fully saturated rings. The van der Waals surface area contributed by atoms with Crippen LogP contribution in [0.3, 0.4) is 0 Å². The van der Waals surface area contributed by atoms with Crippen molar-refractivity contribution in [2.24, 2.45) is 0 Å². The van der Waals surface area contributed by atoms with Crippen LogP contribution in [0.5, 0.6) is 5.75 Å². The number of hydrogen-bond donors (Lipinski definition) is 1. The van der Waals surface area contributed by atoms with E-state index in [9.17, 15) is 8.42 Å². The number of ether oxygens (including phenoxy) is 1. The number of benzene rings is 2. The van der Waals surface area contributed by atoms with E-state index in [1.54, 1.807) is 19.2 Å². The summed E-state index contributed by atoms with van der Waals surface area (Å²) in [4.78, 5) is 0. The summed E-state index contributed by atoms with van der Waals surface area (Å²) in [5.74, 6) is 0.629. The number of sulfonamides is 1. The Balaban J connectivity index is 2.06. The Morgan fingerprint density at radius 1 is 1.14 bits per heavy atom. The zero-order valence-electron chi connectivity index (χ0n) is 11.8. The SMILES string of the molecule is COc1cccc(CCS(=O)(=O)Nc2cc(Cl)ccc2Cl)c1. The van der Waals surface area contributed by atoms with Gasteiger partial charge < -0.3 is 4.74 Å². The fourth-order valence-corrected chi connectivity index (χ4v) is 3.38. The normalized spacial score (nSPS) is 11.2. The van der Waals surface area contributed by atoms with Crippen LogP contribution in [0.4, 0.5) is 5.69 Å². The number of methoxy groups -OCH3 is 1. The molecule has 0 heterocycles. The topological polar surface area (TPSA) is 55.4 Å². The van der Waals surface area contributed by atoms with Crippen LogP contribution in [0.2, 0.25) is 10.0 Å². The fraction of sp³-hybridized carbons (Fsp3) is 0.200. The minimum absolute atomic E-state index is 0.0665. The molecular formula is C15H15Cl2NO3S. The first-order valence-electron chi connectivity index (χ1n) is 6.48. The third kappa shape index (κ3) is 4.80. The molecule has 0 radical (unpaired) electrons. The summed E-state index contributed by atoms with van der Waals surface area (Å²) < 4.78 is 31.9. The minimum atomic E-state index is -3.53. The lowest BCUT2D eigenvalue weighted by atomic mass is 10.2. The largest absolute Gasteiger partial charge is 0.497 e. The summed E-state index contributed by atoms with van der Waals surface area (Å²) in [6.45, 7) is 0. The summed E-state index contributed by atoms with van der Waals surface area (Å²) in [5, 5.41) is 0.712. The summed E-state index contributed by atoms with van der Waals surface area (Å²) >= 11 is 11.8. The molecule has 0 bridgehead atoms. The first-order chi connectivity index (χ1) is 10.4.